The minimum Gasteiger partial charge on any atom is -0.336 e. The molecule has 98 valence electrons. The van der Waals surface area contributed by atoms with E-state index in [2.05, 4.69) is 20.9 Å². The average Bonchev–Trinajstić information content (AvgIpc) is 2.38. The summed E-state index contributed by atoms with van der Waals surface area (Å²) in [4.78, 5) is 18.0. The predicted molar refractivity (Wildman–Crippen MR) is 79.2 cm³/mol. The number of amides is 1. The molecule has 1 aromatic heterocycles. The minimum absolute atomic E-state index is 0.132. The van der Waals surface area contributed by atoms with E-state index < -0.39 is 0 Å². The molecule has 19 heavy (non-hydrogen) atoms. The van der Waals surface area contributed by atoms with Gasteiger partial charge >= 0.3 is 0 Å². The number of halogens is 2. The normalized spacial score (nSPS) is 10.3. The number of hydrogen-bond acceptors (Lipinski definition) is 2. The Morgan fingerprint density at radius 3 is 2.84 bits per heavy atom. The summed E-state index contributed by atoms with van der Waals surface area (Å²) < 4.78 is 0.693. The SMILES string of the molecule is CN(Cc1cccc(Cl)c1)C(=O)c1ncccc1Br. The van der Waals surface area contributed by atoms with E-state index in [1.54, 1.807) is 30.3 Å². The van der Waals surface area contributed by atoms with Gasteiger partial charge in [0, 0.05) is 29.3 Å². The highest BCUT2D eigenvalue weighted by atomic mass is 79.9. The van der Waals surface area contributed by atoms with Gasteiger partial charge in [-0.25, -0.2) is 4.98 Å². The molecule has 0 atom stereocenters. The zero-order valence-electron chi connectivity index (χ0n) is 10.3. The Morgan fingerprint density at radius 1 is 1.37 bits per heavy atom. The first kappa shape index (κ1) is 14.0. The van der Waals surface area contributed by atoms with E-state index in [1.807, 2.05) is 24.3 Å². The van der Waals surface area contributed by atoms with Crippen LogP contribution in [0.15, 0.2) is 47.1 Å². The van der Waals surface area contributed by atoms with Gasteiger partial charge in [0.25, 0.3) is 5.91 Å². The topological polar surface area (TPSA) is 33.2 Å². The fraction of sp³-hybridized carbons (Fsp3) is 0.143. The van der Waals surface area contributed by atoms with Crippen LogP contribution >= 0.6 is 27.5 Å². The molecule has 5 heteroatoms. The van der Waals surface area contributed by atoms with Crippen molar-refractivity contribution in [1.29, 1.82) is 0 Å². The highest BCUT2D eigenvalue weighted by Gasteiger charge is 2.16. The van der Waals surface area contributed by atoms with E-state index >= 15 is 0 Å². The number of carbonyl (C=O) groups is 1. The van der Waals surface area contributed by atoms with Crippen LogP contribution in [0.3, 0.4) is 0 Å². The third kappa shape index (κ3) is 3.55. The molecule has 0 bridgehead atoms. The number of aromatic nitrogens is 1. The van der Waals surface area contributed by atoms with E-state index in [9.17, 15) is 4.79 Å². The lowest BCUT2D eigenvalue weighted by atomic mass is 10.2. The summed E-state index contributed by atoms with van der Waals surface area (Å²) in [5.74, 6) is -0.132. The van der Waals surface area contributed by atoms with Crippen molar-refractivity contribution in [2.24, 2.45) is 0 Å². The van der Waals surface area contributed by atoms with Crippen LogP contribution in [-0.4, -0.2) is 22.8 Å². The van der Waals surface area contributed by atoms with Crippen LogP contribution < -0.4 is 0 Å². The standard InChI is InChI=1S/C14H12BrClN2O/c1-18(9-10-4-2-5-11(16)8-10)14(19)13-12(15)6-3-7-17-13/h2-8H,9H2,1H3. The second-order valence-corrected chi connectivity index (χ2v) is 5.42. The Morgan fingerprint density at radius 2 is 2.16 bits per heavy atom. The van der Waals surface area contributed by atoms with Crippen LogP contribution in [0.1, 0.15) is 16.1 Å². The second kappa shape index (κ2) is 6.17. The summed E-state index contributed by atoms with van der Waals surface area (Å²) in [6, 6.07) is 11.0. The van der Waals surface area contributed by atoms with Crippen LogP contribution in [0.4, 0.5) is 0 Å². The Hall–Kier alpha value is -1.39. The van der Waals surface area contributed by atoms with Gasteiger partial charge in [-0.1, -0.05) is 23.7 Å². The number of nitrogens with zero attached hydrogens (tertiary/aromatic N) is 2. The first-order valence-electron chi connectivity index (χ1n) is 5.68. The maximum atomic E-state index is 12.3. The highest BCUT2D eigenvalue weighted by Crippen LogP contribution is 2.17. The minimum atomic E-state index is -0.132. The summed E-state index contributed by atoms with van der Waals surface area (Å²) in [6.45, 7) is 0.488. The summed E-state index contributed by atoms with van der Waals surface area (Å²) in [5.41, 5.74) is 1.39. The quantitative estimate of drug-likeness (QED) is 0.853. The molecule has 1 amide bonds. The number of benzene rings is 1. The van der Waals surface area contributed by atoms with Crippen LogP contribution in [0.5, 0.6) is 0 Å². The van der Waals surface area contributed by atoms with Crippen molar-refractivity contribution < 1.29 is 4.79 Å². The third-order valence-corrected chi connectivity index (χ3v) is 3.49. The Kier molecular flexibility index (Phi) is 4.56. The molecule has 0 aliphatic rings. The lowest BCUT2D eigenvalue weighted by Gasteiger charge is -2.17. The van der Waals surface area contributed by atoms with Crippen LogP contribution in [0, 0.1) is 0 Å². The fourth-order valence-electron chi connectivity index (χ4n) is 1.70. The highest BCUT2D eigenvalue weighted by molar-refractivity contribution is 9.10. The van der Waals surface area contributed by atoms with Gasteiger partial charge in [0.2, 0.25) is 0 Å². The van der Waals surface area contributed by atoms with E-state index in [-0.39, 0.29) is 5.91 Å². The van der Waals surface area contributed by atoms with E-state index in [0.717, 1.165) is 5.56 Å². The molecule has 1 heterocycles. The first-order valence-corrected chi connectivity index (χ1v) is 6.85. The number of rotatable bonds is 3. The summed E-state index contributed by atoms with van der Waals surface area (Å²) in [6.07, 6.45) is 1.60. The largest absolute Gasteiger partial charge is 0.336 e. The summed E-state index contributed by atoms with van der Waals surface area (Å²) >= 11 is 9.26. The predicted octanol–water partition coefficient (Wildman–Crippen LogP) is 3.77. The second-order valence-electron chi connectivity index (χ2n) is 4.12. The molecule has 0 aliphatic heterocycles. The summed E-state index contributed by atoms with van der Waals surface area (Å²) in [5, 5.41) is 0.664. The van der Waals surface area contributed by atoms with Gasteiger partial charge in [-0.3, -0.25) is 4.79 Å². The smallest absolute Gasteiger partial charge is 0.273 e. The maximum Gasteiger partial charge on any atom is 0.273 e. The molecule has 0 N–H and O–H groups in total. The van der Waals surface area contributed by atoms with Gasteiger partial charge in [-0.15, -0.1) is 0 Å². The lowest BCUT2D eigenvalue weighted by molar-refractivity contribution is 0.0778. The average molecular weight is 340 g/mol. The molecule has 0 radical (unpaired) electrons. The zero-order chi connectivity index (χ0) is 13.8. The Labute approximate surface area is 125 Å². The Balaban J connectivity index is 2.14. The molecule has 0 saturated heterocycles. The molecular weight excluding hydrogens is 328 g/mol. The molecule has 0 aliphatic carbocycles. The number of carbonyl (C=O) groups excluding carboxylic acids is 1. The molecule has 2 aromatic rings. The maximum absolute atomic E-state index is 12.3. The van der Waals surface area contributed by atoms with Crippen molar-refractivity contribution in [1.82, 2.24) is 9.88 Å². The van der Waals surface area contributed by atoms with Crippen molar-refractivity contribution in [2.45, 2.75) is 6.54 Å². The van der Waals surface area contributed by atoms with Crippen molar-refractivity contribution in [2.75, 3.05) is 7.05 Å². The molecule has 2 rings (SSSR count). The molecule has 3 nitrogen and oxygen atoms in total. The van der Waals surface area contributed by atoms with Gasteiger partial charge in [0.05, 0.1) is 0 Å². The van der Waals surface area contributed by atoms with Gasteiger partial charge in [-0.05, 0) is 45.8 Å². The molecular formula is C14H12BrClN2O. The molecule has 1 aromatic carbocycles. The fourth-order valence-corrected chi connectivity index (χ4v) is 2.34. The van der Waals surface area contributed by atoms with E-state index in [0.29, 0.717) is 21.7 Å². The third-order valence-electron chi connectivity index (χ3n) is 2.62. The van der Waals surface area contributed by atoms with Crippen LogP contribution in [0.25, 0.3) is 0 Å². The molecule has 0 saturated carbocycles. The van der Waals surface area contributed by atoms with Crippen molar-refractivity contribution in [3.63, 3.8) is 0 Å². The molecule has 0 unspecified atom stereocenters. The van der Waals surface area contributed by atoms with Gasteiger partial charge in [-0.2, -0.15) is 0 Å². The van der Waals surface area contributed by atoms with Crippen molar-refractivity contribution in [3.05, 3.63) is 63.3 Å². The first-order chi connectivity index (χ1) is 9.08. The number of hydrogen-bond donors (Lipinski definition) is 0. The zero-order valence-corrected chi connectivity index (χ0v) is 12.6. The van der Waals surface area contributed by atoms with E-state index in [4.69, 9.17) is 11.6 Å². The monoisotopic (exact) mass is 338 g/mol. The van der Waals surface area contributed by atoms with Crippen molar-refractivity contribution >= 4 is 33.4 Å². The van der Waals surface area contributed by atoms with Gasteiger partial charge < -0.3 is 4.90 Å². The molecule has 0 fully saturated rings. The Bertz CT molecular complexity index is 604. The van der Waals surface area contributed by atoms with Gasteiger partial charge in [0.15, 0.2) is 0 Å². The lowest BCUT2D eigenvalue weighted by Crippen LogP contribution is -2.27. The van der Waals surface area contributed by atoms with Crippen molar-refractivity contribution in [3.8, 4) is 0 Å². The van der Waals surface area contributed by atoms with E-state index in [1.165, 1.54) is 0 Å². The number of pyridine rings is 1. The molecule has 0 spiro atoms. The summed E-state index contributed by atoms with van der Waals surface area (Å²) in [7, 11) is 1.74. The van der Waals surface area contributed by atoms with Crippen LogP contribution in [-0.2, 0) is 6.54 Å². The van der Waals surface area contributed by atoms with Crippen LogP contribution in [0.2, 0.25) is 5.02 Å². The van der Waals surface area contributed by atoms with Gasteiger partial charge in [0.1, 0.15) is 5.69 Å².